The Morgan fingerprint density at radius 2 is 2.05 bits per heavy atom. The molecule has 0 amide bonds. The fourth-order valence-electron chi connectivity index (χ4n) is 2.52. The van der Waals surface area contributed by atoms with E-state index in [-0.39, 0.29) is 4.90 Å². The number of nitrogens with one attached hydrogen (secondary N) is 1. The van der Waals surface area contributed by atoms with Gasteiger partial charge < -0.3 is 4.90 Å². The minimum atomic E-state index is -3.49. The highest BCUT2D eigenvalue weighted by atomic mass is 32.2. The molecule has 0 bridgehead atoms. The predicted molar refractivity (Wildman–Crippen MR) is 81.2 cm³/mol. The lowest BCUT2D eigenvalue weighted by Gasteiger charge is -2.20. The van der Waals surface area contributed by atoms with Crippen LogP contribution in [0.5, 0.6) is 0 Å². The number of benzene rings is 1. The van der Waals surface area contributed by atoms with E-state index < -0.39 is 10.0 Å². The van der Waals surface area contributed by atoms with Gasteiger partial charge in [-0.3, -0.25) is 0 Å². The van der Waals surface area contributed by atoms with Gasteiger partial charge in [-0.2, -0.15) is 5.26 Å². The Hall–Kier alpha value is -1.42. The fraction of sp³-hybridized carbons (Fsp3) is 0.533. The van der Waals surface area contributed by atoms with Gasteiger partial charge in [-0.1, -0.05) is 0 Å². The van der Waals surface area contributed by atoms with Crippen LogP contribution in [0.15, 0.2) is 29.2 Å². The van der Waals surface area contributed by atoms with Gasteiger partial charge in [0.25, 0.3) is 0 Å². The standard InChI is InChI=1S/C15H21N3O2S/c1-12(2)18-8-7-14(11-18)10-17-21(19,20)15-5-3-13(9-16)4-6-15/h3-6,12,14,17H,7-8,10-11H2,1-2H3. The van der Waals surface area contributed by atoms with Crippen LogP contribution in [0.3, 0.4) is 0 Å². The van der Waals surface area contributed by atoms with Crippen molar-refractivity contribution in [2.45, 2.75) is 31.2 Å². The second-order valence-corrected chi connectivity index (χ2v) is 7.50. The summed E-state index contributed by atoms with van der Waals surface area (Å²) in [7, 11) is -3.49. The quantitative estimate of drug-likeness (QED) is 0.896. The van der Waals surface area contributed by atoms with E-state index in [1.807, 2.05) is 6.07 Å². The number of hydrogen-bond donors (Lipinski definition) is 1. The lowest BCUT2D eigenvalue weighted by molar-refractivity contribution is 0.265. The first-order valence-electron chi connectivity index (χ1n) is 7.16. The van der Waals surface area contributed by atoms with E-state index >= 15 is 0 Å². The molecule has 1 aromatic rings. The van der Waals surface area contributed by atoms with Gasteiger partial charge >= 0.3 is 0 Å². The van der Waals surface area contributed by atoms with E-state index in [1.54, 1.807) is 0 Å². The Bertz CT molecular complexity index is 617. The van der Waals surface area contributed by atoms with Gasteiger partial charge in [-0.05, 0) is 57.0 Å². The summed E-state index contributed by atoms with van der Waals surface area (Å²) in [5.74, 6) is 0.362. The summed E-state index contributed by atoms with van der Waals surface area (Å²) in [5.41, 5.74) is 0.456. The van der Waals surface area contributed by atoms with Gasteiger partial charge in [0.05, 0.1) is 16.5 Å². The molecule has 1 unspecified atom stereocenters. The molecule has 2 rings (SSSR count). The summed E-state index contributed by atoms with van der Waals surface area (Å²) in [6, 6.07) is 8.46. The van der Waals surface area contributed by atoms with Crippen LogP contribution in [0.2, 0.25) is 0 Å². The molecule has 1 aromatic carbocycles. The molecule has 0 aromatic heterocycles. The molecule has 6 heteroatoms. The highest BCUT2D eigenvalue weighted by Crippen LogP contribution is 2.18. The van der Waals surface area contributed by atoms with Crippen LogP contribution in [-0.2, 0) is 10.0 Å². The zero-order chi connectivity index (χ0) is 15.5. The van der Waals surface area contributed by atoms with Gasteiger partial charge in [-0.15, -0.1) is 0 Å². The molecule has 114 valence electrons. The van der Waals surface area contributed by atoms with Gasteiger partial charge in [-0.25, -0.2) is 13.1 Å². The molecule has 1 N–H and O–H groups in total. The molecule has 0 spiro atoms. The zero-order valence-corrected chi connectivity index (χ0v) is 13.2. The van der Waals surface area contributed by atoms with E-state index in [0.717, 1.165) is 19.5 Å². The maximum atomic E-state index is 12.2. The van der Waals surface area contributed by atoms with Crippen LogP contribution in [0, 0.1) is 17.2 Å². The third kappa shape index (κ3) is 4.03. The number of nitriles is 1. The molecule has 1 heterocycles. The van der Waals surface area contributed by atoms with Gasteiger partial charge in [0.1, 0.15) is 0 Å². The summed E-state index contributed by atoms with van der Waals surface area (Å²) in [5, 5.41) is 8.73. The number of hydrogen-bond acceptors (Lipinski definition) is 4. The van der Waals surface area contributed by atoms with Crippen molar-refractivity contribution in [3.63, 3.8) is 0 Å². The summed E-state index contributed by atoms with van der Waals surface area (Å²) in [6.45, 7) is 6.74. The molecule has 0 radical (unpaired) electrons. The minimum Gasteiger partial charge on any atom is -0.301 e. The first-order valence-corrected chi connectivity index (χ1v) is 8.64. The van der Waals surface area contributed by atoms with Crippen LogP contribution in [0.25, 0.3) is 0 Å². The first kappa shape index (κ1) is 16.0. The van der Waals surface area contributed by atoms with Crippen molar-refractivity contribution in [3.05, 3.63) is 29.8 Å². The Morgan fingerprint density at radius 1 is 1.38 bits per heavy atom. The lowest BCUT2D eigenvalue weighted by atomic mass is 10.1. The number of sulfonamides is 1. The molecule has 1 aliphatic rings. The van der Waals surface area contributed by atoms with Crippen LogP contribution >= 0.6 is 0 Å². The van der Waals surface area contributed by atoms with Crippen molar-refractivity contribution in [2.75, 3.05) is 19.6 Å². The predicted octanol–water partition coefficient (Wildman–Crippen LogP) is 1.57. The third-order valence-electron chi connectivity index (χ3n) is 3.90. The van der Waals surface area contributed by atoms with Gasteiger partial charge in [0.2, 0.25) is 10.0 Å². The maximum Gasteiger partial charge on any atom is 0.240 e. The van der Waals surface area contributed by atoms with E-state index in [9.17, 15) is 8.42 Å². The van der Waals surface area contributed by atoms with Crippen molar-refractivity contribution in [2.24, 2.45) is 5.92 Å². The Balaban J connectivity index is 1.94. The highest BCUT2D eigenvalue weighted by molar-refractivity contribution is 7.89. The molecule has 0 aliphatic carbocycles. The minimum absolute atomic E-state index is 0.209. The first-order chi connectivity index (χ1) is 9.92. The number of rotatable bonds is 5. The molecule has 1 aliphatic heterocycles. The van der Waals surface area contributed by atoms with E-state index in [1.165, 1.54) is 24.3 Å². The van der Waals surface area contributed by atoms with Gasteiger partial charge in [0, 0.05) is 19.1 Å². The topological polar surface area (TPSA) is 73.2 Å². The summed E-state index contributed by atoms with van der Waals surface area (Å²) < 4.78 is 27.1. The van der Waals surface area contributed by atoms with E-state index in [4.69, 9.17) is 5.26 Å². The molecule has 1 atom stereocenters. The molecule has 0 saturated carbocycles. The smallest absolute Gasteiger partial charge is 0.240 e. The van der Waals surface area contributed by atoms with Crippen molar-refractivity contribution >= 4 is 10.0 Å². The molecule has 21 heavy (non-hydrogen) atoms. The molecule has 1 fully saturated rings. The normalized spacial score (nSPS) is 19.8. The zero-order valence-electron chi connectivity index (χ0n) is 12.4. The lowest BCUT2D eigenvalue weighted by Crippen LogP contribution is -2.33. The fourth-order valence-corrected chi connectivity index (χ4v) is 3.63. The summed E-state index contributed by atoms with van der Waals surface area (Å²) in [4.78, 5) is 2.57. The molecule has 1 saturated heterocycles. The Morgan fingerprint density at radius 3 is 2.57 bits per heavy atom. The van der Waals surface area contributed by atoms with E-state index in [0.29, 0.717) is 24.1 Å². The molecular formula is C15H21N3O2S. The van der Waals surface area contributed by atoms with Crippen LogP contribution < -0.4 is 4.72 Å². The number of nitrogens with zero attached hydrogens (tertiary/aromatic N) is 2. The van der Waals surface area contributed by atoms with Crippen molar-refractivity contribution < 1.29 is 8.42 Å². The third-order valence-corrected chi connectivity index (χ3v) is 5.34. The van der Waals surface area contributed by atoms with Gasteiger partial charge in [0.15, 0.2) is 0 Å². The van der Waals surface area contributed by atoms with Crippen molar-refractivity contribution in [3.8, 4) is 6.07 Å². The van der Waals surface area contributed by atoms with Crippen LogP contribution in [0.1, 0.15) is 25.8 Å². The second kappa shape index (κ2) is 6.56. The SMILES string of the molecule is CC(C)N1CCC(CNS(=O)(=O)c2ccc(C#N)cc2)C1. The summed E-state index contributed by atoms with van der Waals surface area (Å²) >= 11 is 0. The average molecular weight is 307 g/mol. The second-order valence-electron chi connectivity index (χ2n) is 5.73. The average Bonchev–Trinajstić information content (AvgIpc) is 2.94. The van der Waals surface area contributed by atoms with Crippen LogP contribution in [0.4, 0.5) is 0 Å². The Labute approximate surface area is 126 Å². The summed E-state index contributed by atoms with van der Waals surface area (Å²) in [6.07, 6.45) is 1.02. The van der Waals surface area contributed by atoms with E-state index in [2.05, 4.69) is 23.5 Å². The Kier molecular flexibility index (Phi) is 4.99. The van der Waals surface area contributed by atoms with Crippen molar-refractivity contribution in [1.82, 2.24) is 9.62 Å². The highest BCUT2D eigenvalue weighted by Gasteiger charge is 2.25. The largest absolute Gasteiger partial charge is 0.301 e. The molecule has 5 nitrogen and oxygen atoms in total. The monoisotopic (exact) mass is 307 g/mol. The maximum absolute atomic E-state index is 12.2. The van der Waals surface area contributed by atoms with Crippen LogP contribution in [-0.4, -0.2) is 39.0 Å². The molecular weight excluding hydrogens is 286 g/mol. The van der Waals surface area contributed by atoms with Crippen molar-refractivity contribution in [1.29, 1.82) is 5.26 Å². The number of likely N-dealkylation sites (tertiary alicyclic amines) is 1.